The van der Waals surface area contributed by atoms with Gasteiger partial charge in [0.15, 0.2) is 0 Å². The Balaban J connectivity index is 1.59. The molecular formula is C38H57P. The van der Waals surface area contributed by atoms with Gasteiger partial charge in [0.1, 0.15) is 0 Å². The van der Waals surface area contributed by atoms with Crippen LogP contribution in [0, 0.1) is 0 Å². The monoisotopic (exact) mass is 544 g/mol. The summed E-state index contributed by atoms with van der Waals surface area (Å²) in [6.07, 6.45) is 25.0. The molecule has 0 aromatic heterocycles. The van der Waals surface area contributed by atoms with Gasteiger partial charge in [-0.05, 0) is 0 Å². The molecule has 3 rings (SSSR count). The van der Waals surface area contributed by atoms with Crippen LogP contribution >= 0.6 is 6.60 Å². The Bertz CT molecular complexity index is 895. The van der Waals surface area contributed by atoms with E-state index in [1.807, 2.05) is 0 Å². The van der Waals surface area contributed by atoms with Crippen molar-refractivity contribution in [1.82, 2.24) is 0 Å². The third-order valence-electron chi connectivity index (χ3n) is 9.11. The van der Waals surface area contributed by atoms with Crippen LogP contribution in [0.2, 0.25) is 0 Å². The van der Waals surface area contributed by atoms with Gasteiger partial charge in [-0.3, -0.25) is 0 Å². The van der Waals surface area contributed by atoms with Crippen LogP contribution in [0.5, 0.6) is 0 Å². The van der Waals surface area contributed by atoms with Gasteiger partial charge in [0.05, 0.1) is 0 Å². The van der Waals surface area contributed by atoms with Crippen molar-refractivity contribution in [3.63, 3.8) is 0 Å². The third kappa shape index (κ3) is 8.54. The summed E-state index contributed by atoms with van der Waals surface area (Å²) < 4.78 is 0. The molecule has 0 spiro atoms. The first kappa shape index (κ1) is 31.6. The van der Waals surface area contributed by atoms with E-state index in [4.69, 9.17) is 0 Å². The molecule has 39 heavy (non-hydrogen) atoms. The molecule has 0 aliphatic heterocycles. The van der Waals surface area contributed by atoms with Gasteiger partial charge in [0.2, 0.25) is 0 Å². The van der Waals surface area contributed by atoms with Crippen molar-refractivity contribution >= 4 is 22.5 Å². The van der Waals surface area contributed by atoms with Crippen LogP contribution in [0.25, 0.3) is 0 Å². The van der Waals surface area contributed by atoms with Crippen LogP contribution in [0.1, 0.15) is 117 Å². The number of hydrogen-bond acceptors (Lipinski definition) is 0. The maximum atomic E-state index is 2.44. The summed E-state index contributed by atoms with van der Waals surface area (Å²) in [6, 6.07) is 34.8. The van der Waals surface area contributed by atoms with Crippen LogP contribution < -0.4 is 15.9 Å². The minimum atomic E-state index is -2.60. The van der Waals surface area contributed by atoms with Gasteiger partial charge >= 0.3 is 210 Å². The topological polar surface area (TPSA) is 0 Å². The van der Waals surface area contributed by atoms with Crippen molar-refractivity contribution in [2.24, 2.45) is 0 Å². The maximum absolute atomic E-state index is 2.60. The van der Waals surface area contributed by atoms with Crippen molar-refractivity contribution < 1.29 is 0 Å². The van der Waals surface area contributed by atoms with E-state index >= 15 is 0 Å². The van der Waals surface area contributed by atoms with E-state index in [0.717, 1.165) is 0 Å². The molecule has 3 aromatic carbocycles. The first-order valence-electron chi connectivity index (χ1n) is 16.4. The van der Waals surface area contributed by atoms with E-state index < -0.39 is 6.60 Å². The Morgan fingerprint density at radius 3 is 0.949 bits per heavy atom. The summed E-state index contributed by atoms with van der Waals surface area (Å²) >= 11 is 0. The Labute approximate surface area is 242 Å². The molecule has 0 amide bonds. The van der Waals surface area contributed by atoms with Crippen LogP contribution in [-0.4, -0.2) is 12.3 Å². The molecule has 0 aliphatic carbocycles. The van der Waals surface area contributed by atoms with E-state index in [2.05, 4.69) is 105 Å². The summed E-state index contributed by atoms with van der Waals surface area (Å²) in [5.74, 6) is 0. The van der Waals surface area contributed by atoms with Gasteiger partial charge in [0.25, 0.3) is 0 Å². The first-order valence-corrected chi connectivity index (χ1v) is 19.1. The molecule has 0 heterocycles. The molecular weight excluding hydrogens is 487 g/mol. The second-order valence-corrected chi connectivity index (χ2v) is 17.4. The van der Waals surface area contributed by atoms with Crippen LogP contribution in [0.4, 0.5) is 0 Å². The number of unbranched alkanes of at least 4 members (excludes halogenated alkanes) is 14. The second-order valence-electron chi connectivity index (χ2n) is 11.9. The van der Waals surface area contributed by atoms with Crippen molar-refractivity contribution in [2.75, 3.05) is 12.3 Å². The quantitative estimate of drug-likeness (QED) is 0.0924. The van der Waals surface area contributed by atoms with Crippen LogP contribution in [-0.2, 0) is 0 Å². The summed E-state index contributed by atoms with van der Waals surface area (Å²) in [4.78, 5) is 0. The van der Waals surface area contributed by atoms with Gasteiger partial charge in [-0.2, -0.15) is 0 Å². The fourth-order valence-corrected chi connectivity index (χ4v) is 14.3. The molecule has 0 bridgehead atoms. The molecule has 0 saturated carbocycles. The van der Waals surface area contributed by atoms with Crippen molar-refractivity contribution in [3.8, 4) is 0 Å². The molecule has 214 valence electrons. The summed E-state index contributed by atoms with van der Waals surface area (Å²) in [5, 5.41) is 4.73. The fraction of sp³-hybridized carbons (Fsp3) is 0.526. The molecule has 0 N–H and O–H groups in total. The fourth-order valence-electron chi connectivity index (χ4n) is 7.02. The van der Waals surface area contributed by atoms with E-state index in [9.17, 15) is 0 Å². The number of benzene rings is 3. The van der Waals surface area contributed by atoms with Gasteiger partial charge in [0, 0.05) is 0 Å². The average molecular weight is 545 g/mol. The molecule has 1 heteroatoms. The standard InChI is InChI=1S/C38H57P/c1-3-5-6-7-8-9-10-11-12-13-14-15-16-17-27-35-39(34-4-2,36-28-21-18-22-29-36,37-30-23-19-24-31-37)38-32-25-20-26-33-38/h18-26,28-33H,3-17,27,34-35H2,1-2H3. The number of rotatable bonds is 21. The zero-order valence-corrected chi connectivity index (χ0v) is 26.2. The average Bonchev–Trinajstić information content (AvgIpc) is 3.00. The van der Waals surface area contributed by atoms with E-state index in [1.54, 1.807) is 15.9 Å². The molecule has 0 atom stereocenters. The Morgan fingerprint density at radius 2 is 0.641 bits per heavy atom. The normalized spacial score (nSPS) is 12.7. The number of hydrogen-bond donors (Lipinski definition) is 0. The molecule has 0 radical (unpaired) electrons. The summed E-state index contributed by atoms with van der Waals surface area (Å²) in [7, 11) is 0. The van der Waals surface area contributed by atoms with Crippen LogP contribution in [0.15, 0.2) is 91.0 Å². The first-order chi connectivity index (χ1) is 19.3. The molecule has 0 nitrogen and oxygen atoms in total. The third-order valence-corrected chi connectivity index (χ3v) is 16.5. The zero-order valence-electron chi connectivity index (χ0n) is 25.3. The SMILES string of the molecule is CCCCCCCCCCCCCCCCCP(CCC)(c1ccccc1)(c1ccccc1)c1ccccc1. The van der Waals surface area contributed by atoms with Crippen molar-refractivity contribution in [2.45, 2.75) is 117 Å². The summed E-state index contributed by atoms with van der Waals surface area (Å²) in [6.45, 7) is 2.10. The predicted octanol–water partition coefficient (Wildman–Crippen LogP) is 10.8. The van der Waals surface area contributed by atoms with Gasteiger partial charge in [-0.1, -0.05) is 32.6 Å². The van der Waals surface area contributed by atoms with Gasteiger partial charge in [-0.15, -0.1) is 0 Å². The van der Waals surface area contributed by atoms with E-state index in [0.29, 0.717) is 0 Å². The van der Waals surface area contributed by atoms with Gasteiger partial charge in [-0.25, -0.2) is 0 Å². The zero-order chi connectivity index (χ0) is 27.5. The van der Waals surface area contributed by atoms with Crippen molar-refractivity contribution in [3.05, 3.63) is 91.0 Å². The second kappa shape index (κ2) is 17.7. The molecule has 0 saturated heterocycles. The summed E-state index contributed by atoms with van der Waals surface area (Å²) in [5.41, 5.74) is 0. The van der Waals surface area contributed by atoms with Crippen LogP contribution in [0.3, 0.4) is 0 Å². The Morgan fingerprint density at radius 1 is 0.333 bits per heavy atom. The molecule has 0 fully saturated rings. The predicted molar refractivity (Wildman–Crippen MR) is 180 cm³/mol. The molecule has 3 aromatic rings. The van der Waals surface area contributed by atoms with Crippen molar-refractivity contribution in [1.29, 1.82) is 0 Å². The Kier molecular flexibility index (Phi) is 14.4. The Hall–Kier alpha value is -1.91. The van der Waals surface area contributed by atoms with E-state index in [1.165, 1.54) is 115 Å². The molecule has 0 aliphatic rings. The molecule has 0 unspecified atom stereocenters. The van der Waals surface area contributed by atoms with E-state index in [-0.39, 0.29) is 0 Å². The van der Waals surface area contributed by atoms with Gasteiger partial charge < -0.3 is 0 Å². The minimum absolute atomic E-state index is 1.20.